The maximum Gasteiger partial charge on any atom is 0.407 e. The Balaban J connectivity index is 1.66. The second-order valence-electron chi connectivity index (χ2n) is 5.72. The maximum atomic E-state index is 11.5. The number of hydrogen-bond donors (Lipinski definition) is 1. The Morgan fingerprint density at radius 2 is 2.28 bits per heavy atom. The molecule has 18 heavy (non-hydrogen) atoms. The van der Waals surface area contributed by atoms with Gasteiger partial charge in [-0.25, -0.2) is 4.79 Å². The monoisotopic (exact) mass is 253 g/mol. The number of nitrogens with zero attached hydrogens (tertiary/aromatic N) is 2. The number of aromatic nitrogens is 2. The highest BCUT2D eigenvalue weighted by molar-refractivity contribution is 5.68. The molecule has 1 amide bonds. The van der Waals surface area contributed by atoms with Gasteiger partial charge in [-0.05, 0) is 39.5 Å². The molecule has 0 saturated heterocycles. The van der Waals surface area contributed by atoms with Gasteiger partial charge >= 0.3 is 6.09 Å². The van der Waals surface area contributed by atoms with Gasteiger partial charge in [-0.1, -0.05) is 0 Å². The molecule has 0 radical (unpaired) electrons. The van der Waals surface area contributed by atoms with Crippen LogP contribution < -0.4 is 5.32 Å². The van der Waals surface area contributed by atoms with Crippen molar-refractivity contribution in [3.8, 4) is 0 Å². The molecule has 1 N–H and O–H groups in total. The summed E-state index contributed by atoms with van der Waals surface area (Å²) in [6, 6.07) is 0.202. The molecule has 0 aromatic carbocycles. The van der Waals surface area contributed by atoms with E-state index in [2.05, 4.69) is 15.5 Å². The van der Waals surface area contributed by atoms with Gasteiger partial charge in [0.05, 0.1) is 0 Å². The Morgan fingerprint density at radius 1 is 1.56 bits per heavy atom. The number of carbonyl (C=O) groups excluding carboxylic acids is 1. The lowest BCUT2D eigenvalue weighted by molar-refractivity contribution is 0.0451. The number of hydrogen-bond acceptors (Lipinski definition) is 5. The molecule has 1 fully saturated rings. The zero-order valence-electron chi connectivity index (χ0n) is 11.0. The van der Waals surface area contributed by atoms with Crippen molar-refractivity contribution >= 4 is 6.09 Å². The summed E-state index contributed by atoms with van der Waals surface area (Å²) in [6.07, 6.45) is 3.64. The standard InChI is InChI=1S/C12H19N3O3/c1-12(2,3)18-11(16)14-9-4-8(5-9)6-10-15-13-7-17-10/h7-9H,4-6H2,1-3H3,(H,14,16)/t8-,9-. The van der Waals surface area contributed by atoms with Crippen molar-refractivity contribution < 1.29 is 13.9 Å². The Kier molecular flexibility index (Phi) is 3.54. The summed E-state index contributed by atoms with van der Waals surface area (Å²) in [5.41, 5.74) is -0.447. The summed E-state index contributed by atoms with van der Waals surface area (Å²) in [7, 11) is 0. The molecule has 0 aliphatic heterocycles. The molecule has 1 aromatic rings. The fraction of sp³-hybridized carbons (Fsp3) is 0.750. The Bertz CT molecular complexity index is 391. The Morgan fingerprint density at radius 3 is 2.83 bits per heavy atom. The smallest absolute Gasteiger partial charge is 0.407 e. The van der Waals surface area contributed by atoms with Crippen LogP contribution in [-0.4, -0.2) is 27.9 Å². The molecule has 0 unspecified atom stereocenters. The summed E-state index contributed by atoms with van der Waals surface area (Å²) in [4.78, 5) is 11.5. The number of ether oxygens (including phenoxy) is 1. The molecule has 1 heterocycles. The van der Waals surface area contributed by atoms with E-state index in [1.54, 1.807) is 0 Å². The van der Waals surface area contributed by atoms with Crippen molar-refractivity contribution in [2.75, 3.05) is 0 Å². The van der Waals surface area contributed by atoms with E-state index in [0.717, 1.165) is 19.3 Å². The van der Waals surface area contributed by atoms with E-state index in [-0.39, 0.29) is 12.1 Å². The predicted octanol–water partition coefficient (Wildman–Crippen LogP) is 1.92. The normalized spacial score (nSPS) is 23.3. The molecule has 1 aliphatic rings. The van der Waals surface area contributed by atoms with Gasteiger partial charge < -0.3 is 14.5 Å². The molecular formula is C12H19N3O3. The summed E-state index contributed by atoms with van der Waals surface area (Å²) in [5, 5.41) is 10.3. The van der Waals surface area contributed by atoms with Crippen LogP contribution in [-0.2, 0) is 11.2 Å². The van der Waals surface area contributed by atoms with Crippen molar-refractivity contribution in [1.82, 2.24) is 15.5 Å². The van der Waals surface area contributed by atoms with Crippen LogP contribution >= 0.6 is 0 Å². The molecular weight excluding hydrogens is 234 g/mol. The first-order valence-corrected chi connectivity index (χ1v) is 6.17. The van der Waals surface area contributed by atoms with Gasteiger partial charge in [0, 0.05) is 12.5 Å². The highest BCUT2D eigenvalue weighted by atomic mass is 16.6. The number of carbonyl (C=O) groups is 1. The van der Waals surface area contributed by atoms with Crippen molar-refractivity contribution in [3.63, 3.8) is 0 Å². The largest absolute Gasteiger partial charge is 0.444 e. The first-order valence-electron chi connectivity index (χ1n) is 6.17. The van der Waals surface area contributed by atoms with Gasteiger partial charge in [-0.3, -0.25) is 0 Å². The van der Waals surface area contributed by atoms with E-state index in [0.29, 0.717) is 11.8 Å². The summed E-state index contributed by atoms with van der Waals surface area (Å²) in [6.45, 7) is 5.56. The van der Waals surface area contributed by atoms with Crippen LogP contribution in [0.25, 0.3) is 0 Å². The maximum absolute atomic E-state index is 11.5. The minimum Gasteiger partial charge on any atom is -0.444 e. The van der Waals surface area contributed by atoms with Crippen LogP contribution in [0.1, 0.15) is 39.5 Å². The summed E-state index contributed by atoms with van der Waals surface area (Å²) >= 11 is 0. The minimum atomic E-state index is -0.447. The average Bonchev–Trinajstić information content (AvgIpc) is 2.63. The first-order chi connectivity index (χ1) is 8.42. The lowest BCUT2D eigenvalue weighted by atomic mass is 9.78. The van der Waals surface area contributed by atoms with Gasteiger partial charge in [0.15, 0.2) is 0 Å². The molecule has 6 nitrogen and oxygen atoms in total. The molecule has 1 aromatic heterocycles. The van der Waals surface area contributed by atoms with Crippen molar-refractivity contribution in [3.05, 3.63) is 12.3 Å². The van der Waals surface area contributed by atoms with Crippen molar-refractivity contribution in [2.24, 2.45) is 5.92 Å². The molecule has 1 saturated carbocycles. The second-order valence-corrected chi connectivity index (χ2v) is 5.72. The third-order valence-corrected chi connectivity index (χ3v) is 2.83. The Hall–Kier alpha value is -1.59. The van der Waals surface area contributed by atoms with E-state index in [1.807, 2.05) is 20.8 Å². The molecule has 2 rings (SSSR count). The van der Waals surface area contributed by atoms with E-state index in [9.17, 15) is 4.79 Å². The quantitative estimate of drug-likeness (QED) is 0.890. The summed E-state index contributed by atoms with van der Waals surface area (Å²) in [5.74, 6) is 1.17. The fourth-order valence-electron chi connectivity index (χ4n) is 2.03. The fourth-order valence-corrected chi connectivity index (χ4v) is 2.03. The van der Waals surface area contributed by atoms with Crippen molar-refractivity contribution in [2.45, 2.75) is 51.7 Å². The molecule has 6 heteroatoms. The van der Waals surface area contributed by atoms with Gasteiger partial charge in [0.2, 0.25) is 12.3 Å². The number of rotatable bonds is 3. The highest BCUT2D eigenvalue weighted by Crippen LogP contribution is 2.30. The van der Waals surface area contributed by atoms with Gasteiger partial charge in [0.25, 0.3) is 0 Å². The van der Waals surface area contributed by atoms with Crippen LogP contribution in [0.5, 0.6) is 0 Å². The van der Waals surface area contributed by atoms with Crippen molar-refractivity contribution in [1.29, 1.82) is 0 Å². The average molecular weight is 253 g/mol. The van der Waals surface area contributed by atoms with Gasteiger partial charge in [-0.15, -0.1) is 10.2 Å². The third-order valence-electron chi connectivity index (χ3n) is 2.83. The first kappa shape index (κ1) is 12.9. The van der Waals surface area contributed by atoms with E-state index < -0.39 is 5.60 Å². The van der Waals surface area contributed by atoms with Gasteiger partial charge in [-0.2, -0.15) is 0 Å². The third kappa shape index (κ3) is 3.72. The number of alkyl carbamates (subject to hydrolysis) is 1. The second kappa shape index (κ2) is 4.96. The lowest BCUT2D eigenvalue weighted by Crippen LogP contribution is -2.46. The van der Waals surface area contributed by atoms with E-state index in [4.69, 9.17) is 9.15 Å². The van der Waals surface area contributed by atoms with E-state index >= 15 is 0 Å². The minimum absolute atomic E-state index is 0.202. The Labute approximate surface area is 106 Å². The summed E-state index contributed by atoms with van der Waals surface area (Å²) < 4.78 is 10.3. The molecule has 0 bridgehead atoms. The van der Waals surface area contributed by atoms with Crippen LogP contribution in [0.2, 0.25) is 0 Å². The van der Waals surface area contributed by atoms with Crippen LogP contribution in [0.15, 0.2) is 10.8 Å². The number of nitrogens with one attached hydrogen (secondary N) is 1. The van der Waals surface area contributed by atoms with E-state index in [1.165, 1.54) is 6.39 Å². The number of amides is 1. The molecule has 0 spiro atoms. The zero-order valence-corrected chi connectivity index (χ0v) is 11.0. The highest BCUT2D eigenvalue weighted by Gasteiger charge is 2.32. The topological polar surface area (TPSA) is 77.2 Å². The van der Waals surface area contributed by atoms with Crippen LogP contribution in [0.3, 0.4) is 0 Å². The SMILES string of the molecule is CC(C)(C)OC(=O)N[C@H]1C[C@H](Cc2nnco2)C1. The lowest BCUT2D eigenvalue weighted by Gasteiger charge is -2.35. The molecule has 0 atom stereocenters. The molecule has 100 valence electrons. The predicted molar refractivity (Wildman–Crippen MR) is 63.9 cm³/mol. The van der Waals surface area contributed by atoms with Crippen LogP contribution in [0, 0.1) is 5.92 Å². The van der Waals surface area contributed by atoms with Gasteiger partial charge in [0.1, 0.15) is 5.60 Å². The zero-order chi connectivity index (χ0) is 13.2. The van der Waals surface area contributed by atoms with Crippen LogP contribution in [0.4, 0.5) is 4.79 Å². The molecule has 1 aliphatic carbocycles.